The summed E-state index contributed by atoms with van der Waals surface area (Å²) in [5, 5.41) is 0.583. The molecule has 0 bridgehead atoms. The van der Waals surface area contributed by atoms with Crippen molar-refractivity contribution in [2.24, 2.45) is 11.7 Å². The number of piperidine rings is 1. The molecule has 3 unspecified atom stereocenters. The maximum absolute atomic E-state index is 14.2. The highest BCUT2D eigenvalue weighted by molar-refractivity contribution is 6.30. The highest BCUT2D eigenvalue weighted by atomic mass is 35.5. The van der Waals surface area contributed by atoms with E-state index in [4.69, 9.17) is 17.3 Å². The molecule has 20 heavy (non-hydrogen) atoms. The molecule has 1 aromatic rings. The van der Waals surface area contributed by atoms with E-state index >= 15 is 0 Å². The molecule has 0 spiro atoms. The lowest BCUT2D eigenvalue weighted by atomic mass is 9.89. The summed E-state index contributed by atoms with van der Waals surface area (Å²) in [5.41, 5.74) is 6.65. The van der Waals surface area contributed by atoms with Crippen LogP contribution < -0.4 is 5.73 Å². The van der Waals surface area contributed by atoms with Crippen LogP contribution in [0.15, 0.2) is 18.2 Å². The molecule has 1 aromatic carbocycles. The zero-order chi connectivity index (χ0) is 14.1. The van der Waals surface area contributed by atoms with Gasteiger partial charge in [-0.05, 0) is 56.3 Å². The van der Waals surface area contributed by atoms with Crippen LogP contribution in [-0.2, 0) is 0 Å². The van der Waals surface area contributed by atoms with Crippen molar-refractivity contribution >= 4 is 11.6 Å². The number of fused-ring (bicyclic) bond motifs is 1. The van der Waals surface area contributed by atoms with Crippen molar-refractivity contribution in [3.63, 3.8) is 0 Å². The summed E-state index contributed by atoms with van der Waals surface area (Å²) in [5.74, 6) is 0.588. The van der Waals surface area contributed by atoms with Crippen molar-refractivity contribution in [3.05, 3.63) is 34.6 Å². The lowest BCUT2D eigenvalue weighted by molar-refractivity contribution is 0.0686. The fraction of sp³-hybridized carbons (Fsp3) is 0.625. The normalized spacial score (nSPS) is 28.4. The minimum atomic E-state index is -0.190. The Morgan fingerprint density at radius 1 is 1.30 bits per heavy atom. The third kappa shape index (κ3) is 2.59. The summed E-state index contributed by atoms with van der Waals surface area (Å²) in [6, 6.07) is 5.33. The van der Waals surface area contributed by atoms with Gasteiger partial charge in [0.25, 0.3) is 0 Å². The van der Waals surface area contributed by atoms with Gasteiger partial charge in [-0.2, -0.15) is 0 Å². The van der Waals surface area contributed by atoms with Crippen molar-refractivity contribution < 1.29 is 4.39 Å². The minimum Gasteiger partial charge on any atom is -0.329 e. The molecule has 1 saturated heterocycles. The number of likely N-dealkylation sites (tertiary alicyclic amines) is 1. The Morgan fingerprint density at radius 3 is 2.90 bits per heavy atom. The minimum absolute atomic E-state index is 0.0420. The van der Waals surface area contributed by atoms with Crippen LogP contribution in [0.5, 0.6) is 0 Å². The fourth-order valence-electron chi connectivity index (χ4n) is 4.09. The zero-order valence-electron chi connectivity index (χ0n) is 11.7. The Hall–Kier alpha value is -0.640. The molecule has 0 aromatic heterocycles. The number of hydrogen-bond acceptors (Lipinski definition) is 2. The van der Waals surface area contributed by atoms with Crippen molar-refractivity contribution in [3.8, 4) is 0 Å². The van der Waals surface area contributed by atoms with E-state index in [-0.39, 0.29) is 11.9 Å². The van der Waals surface area contributed by atoms with Crippen LogP contribution in [0.1, 0.15) is 43.7 Å². The average Bonchev–Trinajstić information content (AvgIpc) is 2.92. The van der Waals surface area contributed by atoms with E-state index < -0.39 is 0 Å². The van der Waals surface area contributed by atoms with E-state index in [0.29, 0.717) is 23.2 Å². The number of nitrogens with zero attached hydrogens (tertiary/aromatic N) is 1. The average molecular weight is 297 g/mol. The Kier molecular flexibility index (Phi) is 4.29. The zero-order valence-corrected chi connectivity index (χ0v) is 12.5. The predicted octanol–water partition coefficient (Wildman–Crippen LogP) is 3.74. The van der Waals surface area contributed by atoms with Crippen molar-refractivity contribution in [2.45, 2.75) is 44.2 Å². The van der Waals surface area contributed by atoms with Crippen LogP contribution in [0.2, 0.25) is 5.02 Å². The van der Waals surface area contributed by atoms with Crippen LogP contribution in [0.25, 0.3) is 0 Å². The van der Waals surface area contributed by atoms with Gasteiger partial charge in [0.15, 0.2) is 0 Å². The highest BCUT2D eigenvalue weighted by Crippen LogP contribution is 2.41. The molecule has 1 aliphatic carbocycles. The van der Waals surface area contributed by atoms with Gasteiger partial charge in [-0.1, -0.05) is 18.0 Å². The van der Waals surface area contributed by atoms with Gasteiger partial charge >= 0.3 is 0 Å². The van der Waals surface area contributed by atoms with E-state index in [9.17, 15) is 4.39 Å². The standard InChI is InChI=1S/C16H22ClFN2/c17-12-6-7-14(18)13(9-12)16(10-19)20-8-2-4-11-3-1-5-15(11)20/h6-7,9,11,15-16H,1-5,8,10,19H2. The number of rotatable bonds is 3. The van der Waals surface area contributed by atoms with Gasteiger partial charge in [0.1, 0.15) is 5.82 Å². The van der Waals surface area contributed by atoms with E-state index in [2.05, 4.69) is 4.90 Å². The van der Waals surface area contributed by atoms with E-state index in [0.717, 1.165) is 12.5 Å². The fourth-order valence-corrected chi connectivity index (χ4v) is 4.27. The Labute approximate surface area is 125 Å². The van der Waals surface area contributed by atoms with Crippen molar-refractivity contribution in [1.82, 2.24) is 4.90 Å². The molecule has 1 aliphatic heterocycles. The predicted molar refractivity (Wildman–Crippen MR) is 80.3 cm³/mol. The first kappa shape index (κ1) is 14.3. The first-order valence-corrected chi connectivity index (χ1v) is 7.99. The molecule has 1 heterocycles. The van der Waals surface area contributed by atoms with Gasteiger partial charge in [-0.25, -0.2) is 4.39 Å². The lowest BCUT2D eigenvalue weighted by Crippen LogP contribution is -2.47. The molecule has 3 rings (SSSR count). The van der Waals surface area contributed by atoms with Crippen LogP contribution in [0.4, 0.5) is 4.39 Å². The number of hydrogen-bond donors (Lipinski definition) is 1. The Bertz CT molecular complexity index is 480. The molecule has 4 heteroatoms. The Morgan fingerprint density at radius 2 is 2.10 bits per heavy atom. The van der Waals surface area contributed by atoms with E-state index in [1.165, 1.54) is 38.2 Å². The number of nitrogens with two attached hydrogens (primary N) is 1. The molecule has 0 radical (unpaired) electrons. The first-order chi connectivity index (χ1) is 9.70. The Balaban J connectivity index is 1.90. The molecule has 0 amide bonds. The molecular weight excluding hydrogens is 275 g/mol. The molecule has 1 saturated carbocycles. The summed E-state index contributed by atoms with van der Waals surface area (Å²) < 4.78 is 14.2. The summed E-state index contributed by atoms with van der Waals surface area (Å²) in [6.45, 7) is 1.47. The summed E-state index contributed by atoms with van der Waals surface area (Å²) >= 11 is 6.04. The van der Waals surface area contributed by atoms with Crippen LogP contribution in [0, 0.1) is 11.7 Å². The smallest absolute Gasteiger partial charge is 0.128 e. The molecule has 2 N–H and O–H groups in total. The lowest BCUT2D eigenvalue weighted by Gasteiger charge is -2.42. The monoisotopic (exact) mass is 296 g/mol. The largest absolute Gasteiger partial charge is 0.329 e. The van der Waals surface area contributed by atoms with Gasteiger partial charge in [0.05, 0.1) is 6.04 Å². The quantitative estimate of drug-likeness (QED) is 0.920. The van der Waals surface area contributed by atoms with Crippen LogP contribution in [0.3, 0.4) is 0 Å². The van der Waals surface area contributed by atoms with Gasteiger partial charge in [0.2, 0.25) is 0 Å². The summed E-state index contributed by atoms with van der Waals surface area (Å²) in [7, 11) is 0. The van der Waals surface area contributed by atoms with Gasteiger partial charge in [-0.15, -0.1) is 0 Å². The second-order valence-electron chi connectivity index (χ2n) is 6.06. The molecule has 2 fully saturated rings. The summed E-state index contributed by atoms with van der Waals surface area (Å²) in [6.07, 6.45) is 6.34. The maximum atomic E-state index is 14.2. The molecular formula is C16H22ClFN2. The van der Waals surface area contributed by atoms with Gasteiger partial charge < -0.3 is 5.73 Å². The molecule has 2 nitrogen and oxygen atoms in total. The van der Waals surface area contributed by atoms with Crippen LogP contribution >= 0.6 is 11.6 Å². The topological polar surface area (TPSA) is 29.3 Å². The van der Waals surface area contributed by atoms with Crippen LogP contribution in [-0.4, -0.2) is 24.0 Å². The molecule has 110 valence electrons. The van der Waals surface area contributed by atoms with Gasteiger partial charge in [-0.3, -0.25) is 4.90 Å². The highest BCUT2D eigenvalue weighted by Gasteiger charge is 2.38. The maximum Gasteiger partial charge on any atom is 0.128 e. The number of halogens is 2. The van der Waals surface area contributed by atoms with Crippen molar-refractivity contribution in [2.75, 3.05) is 13.1 Å². The second-order valence-corrected chi connectivity index (χ2v) is 6.49. The third-order valence-corrected chi connectivity index (χ3v) is 5.21. The molecule has 3 atom stereocenters. The van der Waals surface area contributed by atoms with E-state index in [1.807, 2.05) is 0 Å². The summed E-state index contributed by atoms with van der Waals surface area (Å²) in [4.78, 5) is 2.44. The first-order valence-electron chi connectivity index (χ1n) is 7.61. The third-order valence-electron chi connectivity index (χ3n) is 4.98. The van der Waals surface area contributed by atoms with E-state index in [1.54, 1.807) is 12.1 Å². The second kappa shape index (κ2) is 6.00. The SMILES string of the molecule is NCC(c1cc(Cl)ccc1F)N1CCCC2CCCC21. The number of benzene rings is 1. The molecule has 2 aliphatic rings. The van der Waals surface area contributed by atoms with Crippen molar-refractivity contribution in [1.29, 1.82) is 0 Å². The van der Waals surface area contributed by atoms with Gasteiger partial charge in [0, 0.05) is 23.2 Å².